The average molecular weight is 203 g/mol. The first kappa shape index (κ1) is 9.51. The van der Waals surface area contributed by atoms with E-state index in [9.17, 15) is 0 Å². The van der Waals surface area contributed by atoms with Gasteiger partial charge in [-0.3, -0.25) is 0 Å². The minimum atomic E-state index is 0.188. The summed E-state index contributed by atoms with van der Waals surface area (Å²) >= 11 is 0. The van der Waals surface area contributed by atoms with E-state index in [0.29, 0.717) is 5.95 Å². The molecule has 0 saturated carbocycles. The molecule has 5 nitrogen and oxygen atoms in total. The molecule has 5 heteroatoms. The average Bonchev–Trinajstić information content (AvgIpc) is 2.50. The Morgan fingerprint density at radius 2 is 1.93 bits per heavy atom. The topological polar surface area (TPSA) is 82.8 Å². The van der Waals surface area contributed by atoms with Gasteiger partial charge in [-0.1, -0.05) is 12.1 Å². The second-order valence-electron chi connectivity index (χ2n) is 3.53. The van der Waals surface area contributed by atoms with Gasteiger partial charge in [0.25, 0.3) is 0 Å². The summed E-state index contributed by atoms with van der Waals surface area (Å²) in [5, 5.41) is 4.04. The molecule has 0 unspecified atom stereocenters. The monoisotopic (exact) mass is 203 g/mol. The van der Waals surface area contributed by atoms with Crippen LogP contribution in [0.15, 0.2) is 18.2 Å². The molecule has 0 aliphatic carbocycles. The third kappa shape index (κ3) is 1.63. The van der Waals surface area contributed by atoms with Gasteiger partial charge in [0.1, 0.15) is 0 Å². The van der Waals surface area contributed by atoms with Crippen molar-refractivity contribution >= 4 is 11.9 Å². The predicted molar refractivity (Wildman–Crippen MR) is 59.7 cm³/mol. The standard InChI is InChI=1S/C10H13N5/c1-6-3-4-7(2)8(5-6)15-10(12)13-9(11)14-15/h3-5H,1-2H3,(H4,11,12,13,14). The van der Waals surface area contributed by atoms with E-state index in [0.717, 1.165) is 16.8 Å². The molecule has 0 fully saturated rings. The van der Waals surface area contributed by atoms with Crippen LogP contribution < -0.4 is 11.5 Å². The van der Waals surface area contributed by atoms with Gasteiger partial charge in [-0.15, -0.1) is 5.10 Å². The van der Waals surface area contributed by atoms with Crippen molar-refractivity contribution in [2.75, 3.05) is 11.5 Å². The van der Waals surface area contributed by atoms with Crippen LogP contribution in [0.3, 0.4) is 0 Å². The molecule has 0 bridgehead atoms. The molecule has 0 atom stereocenters. The van der Waals surface area contributed by atoms with Crippen molar-refractivity contribution in [3.63, 3.8) is 0 Å². The molecule has 0 radical (unpaired) electrons. The molecule has 0 aliphatic heterocycles. The molecular formula is C10H13N5. The van der Waals surface area contributed by atoms with E-state index in [1.807, 2.05) is 32.0 Å². The minimum absolute atomic E-state index is 0.188. The number of nitrogens with two attached hydrogens (primary N) is 2. The van der Waals surface area contributed by atoms with Crippen molar-refractivity contribution in [3.8, 4) is 5.69 Å². The molecule has 15 heavy (non-hydrogen) atoms. The first-order valence-electron chi connectivity index (χ1n) is 4.63. The van der Waals surface area contributed by atoms with Gasteiger partial charge in [0.2, 0.25) is 11.9 Å². The number of rotatable bonds is 1. The fourth-order valence-corrected chi connectivity index (χ4v) is 1.47. The Kier molecular flexibility index (Phi) is 2.07. The highest BCUT2D eigenvalue weighted by atomic mass is 15.4. The SMILES string of the molecule is Cc1ccc(C)c(-n2nc(N)nc2N)c1. The summed E-state index contributed by atoms with van der Waals surface area (Å²) in [5.74, 6) is 0.495. The molecule has 1 heterocycles. The first-order chi connectivity index (χ1) is 7.08. The molecular weight excluding hydrogens is 190 g/mol. The van der Waals surface area contributed by atoms with Gasteiger partial charge >= 0.3 is 0 Å². The highest BCUT2D eigenvalue weighted by Gasteiger charge is 2.08. The van der Waals surface area contributed by atoms with Crippen LogP contribution in [0, 0.1) is 13.8 Å². The van der Waals surface area contributed by atoms with Crippen LogP contribution >= 0.6 is 0 Å². The Bertz CT molecular complexity index is 501. The van der Waals surface area contributed by atoms with E-state index in [1.165, 1.54) is 0 Å². The van der Waals surface area contributed by atoms with Crippen LogP contribution in [0.25, 0.3) is 5.69 Å². The molecule has 2 aromatic rings. The lowest BCUT2D eigenvalue weighted by Crippen LogP contribution is -2.04. The maximum absolute atomic E-state index is 5.70. The summed E-state index contributed by atoms with van der Waals surface area (Å²) in [6.07, 6.45) is 0. The van der Waals surface area contributed by atoms with Crippen molar-refractivity contribution in [2.45, 2.75) is 13.8 Å². The molecule has 1 aromatic carbocycles. The largest absolute Gasteiger partial charge is 0.368 e. The summed E-state index contributed by atoms with van der Waals surface area (Å²) in [6, 6.07) is 6.05. The van der Waals surface area contributed by atoms with Crippen molar-refractivity contribution in [1.82, 2.24) is 14.8 Å². The van der Waals surface area contributed by atoms with Crippen LogP contribution in [0.1, 0.15) is 11.1 Å². The molecule has 0 amide bonds. The van der Waals surface area contributed by atoms with Gasteiger partial charge in [0.15, 0.2) is 0 Å². The zero-order chi connectivity index (χ0) is 11.0. The van der Waals surface area contributed by atoms with Gasteiger partial charge in [-0.2, -0.15) is 9.67 Å². The maximum atomic E-state index is 5.70. The Hall–Kier alpha value is -2.04. The summed E-state index contributed by atoms with van der Waals surface area (Å²) in [4.78, 5) is 3.87. The normalized spacial score (nSPS) is 10.5. The fourth-order valence-electron chi connectivity index (χ4n) is 1.47. The van der Waals surface area contributed by atoms with E-state index >= 15 is 0 Å². The number of anilines is 2. The number of benzene rings is 1. The van der Waals surface area contributed by atoms with Crippen molar-refractivity contribution in [3.05, 3.63) is 29.3 Å². The molecule has 1 aromatic heterocycles. The van der Waals surface area contributed by atoms with Crippen LogP contribution in [0.5, 0.6) is 0 Å². The van der Waals surface area contributed by atoms with E-state index < -0.39 is 0 Å². The Labute approximate surface area is 87.7 Å². The van der Waals surface area contributed by atoms with Gasteiger partial charge in [-0.25, -0.2) is 0 Å². The maximum Gasteiger partial charge on any atom is 0.241 e. The number of aromatic nitrogens is 3. The Morgan fingerprint density at radius 3 is 2.53 bits per heavy atom. The zero-order valence-electron chi connectivity index (χ0n) is 8.73. The van der Waals surface area contributed by atoms with E-state index in [2.05, 4.69) is 10.1 Å². The van der Waals surface area contributed by atoms with Crippen LogP contribution in [-0.4, -0.2) is 14.8 Å². The summed E-state index contributed by atoms with van der Waals surface area (Å²) in [7, 11) is 0. The van der Waals surface area contributed by atoms with Crippen LogP contribution in [-0.2, 0) is 0 Å². The molecule has 0 aliphatic rings. The minimum Gasteiger partial charge on any atom is -0.368 e. The van der Waals surface area contributed by atoms with Crippen LogP contribution in [0.4, 0.5) is 11.9 Å². The fraction of sp³-hybridized carbons (Fsp3) is 0.200. The number of hydrogen-bond acceptors (Lipinski definition) is 4. The van der Waals surface area contributed by atoms with Gasteiger partial charge in [-0.05, 0) is 31.0 Å². The van der Waals surface area contributed by atoms with Gasteiger partial charge < -0.3 is 11.5 Å². The summed E-state index contributed by atoms with van der Waals surface area (Å²) in [5.41, 5.74) is 14.3. The number of nitrogen functional groups attached to an aromatic ring is 2. The Balaban J connectivity index is 2.62. The zero-order valence-corrected chi connectivity index (χ0v) is 8.73. The van der Waals surface area contributed by atoms with E-state index in [-0.39, 0.29) is 5.95 Å². The quantitative estimate of drug-likeness (QED) is 0.725. The molecule has 0 spiro atoms. The molecule has 0 saturated heterocycles. The third-order valence-electron chi connectivity index (χ3n) is 2.24. The second kappa shape index (κ2) is 3.27. The van der Waals surface area contributed by atoms with E-state index in [1.54, 1.807) is 4.68 Å². The summed E-state index contributed by atoms with van der Waals surface area (Å²) < 4.78 is 1.55. The molecule has 4 N–H and O–H groups in total. The predicted octanol–water partition coefficient (Wildman–Crippen LogP) is 1.05. The number of hydrogen-bond donors (Lipinski definition) is 2. The number of nitrogens with zero attached hydrogens (tertiary/aromatic N) is 3. The lowest BCUT2D eigenvalue weighted by atomic mass is 10.1. The highest BCUT2D eigenvalue weighted by molar-refractivity contribution is 5.47. The highest BCUT2D eigenvalue weighted by Crippen LogP contribution is 2.18. The van der Waals surface area contributed by atoms with Gasteiger partial charge in [0, 0.05) is 0 Å². The van der Waals surface area contributed by atoms with Crippen molar-refractivity contribution in [2.24, 2.45) is 0 Å². The Morgan fingerprint density at radius 1 is 1.20 bits per heavy atom. The molecule has 78 valence electrons. The smallest absolute Gasteiger partial charge is 0.241 e. The molecule has 2 rings (SSSR count). The number of aryl methyl sites for hydroxylation is 2. The van der Waals surface area contributed by atoms with Gasteiger partial charge in [0.05, 0.1) is 5.69 Å². The van der Waals surface area contributed by atoms with Crippen molar-refractivity contribution in [1.29, 1.82) is 0 Å². The lowest BCUT2D eigenvalue weighted by Gasteiger charge is -2.07. The lowest BCUT2D eigenvalue weighted by molar-refractivity contribution is 0.886. The van der Waals surface area contributed by atoms with Crippen molar-refractivity contribution < 1.29 is 0 Å². The van der Waals surface area contributed by atoms with E-state index in [4.69, 9.17) is 11.5 Å². The third-order valence-corrected chi connectivity index (χ3v) is 2.24. The summed E-state index contributed by atoms with van der Waals surface area (Å²) in [6.45, 7) is 4.01. The first-order valence-corrected chi connectivity index (χ1v) is 4.63. The second-order valence-corrected chi connectivity index (χ2v) is 3.53. The van der Waals surface area contributed by atoms with Crippen LogP contribution in [0.2, 0.25) is 0 Å².